The van der Waals surface area contributed by atoms with Crippen molar-refractivity contribution in [2.45, 2.75) is 32.2 Å². The standard InChI is InChI=1S/C27H26F3N5O2/c1-17(23-14-24(34-33-23)19-8-4-3-5-9-19)35(2)16-21-11-12-22(26(37)32-21)25(36)31-15-18-7-6-10-20(13-18)27(28,29)30/h3-14,17H,15-16H2,1-2H3,(H,31,36)(H,32,37)(H,33,34)/t17-/m0/s1. The van der Waals surface area contributed by atoms with Gasteiger partial charge in [0.1, 0.15) is 5.56 Å². The van der Waals surface area contributed by atoms with Crippen LogP contribution in [0.5, 0.6) is 0 Å². The van der Waals surface area contributed by atoms with Crippen molar-refractivity contribution < 1.29 is 18.0 Å². The Morgan fingerprint density at radius 1 is 1.05 bits per heavy atom. The molecule has 0 saturated heterocycles. The lowest BCUT2D eigenvalue weighted by Gasteiger charge is -2.23. The number of aromatic amines is 2. The summed E-state index contributed by atoms with van der Waals surface area (Å²) in [6.45, 7) is 2.28. The van der Waals surface area contributed by atoms with E-state index in [0.29, 0.717) is 12.2 Å². The molecular formula is C27H26F3N5O2. The van der Waals surface area contributed by atoms with Gasteiger partial charge in [0.25, 0.3) is 11.5 Å². The third-order valence-corrected chi connectivity index (χ3v) is 6.12. The summed E-state index contributed by atoms with van der Waals surface area (Å²) >= 11 is 0. The summed E-state index contributed by atoms with van der Waals surface area (Å²) in [4.78, 5) is 29.8. The minimum atomic E-state index is -4.47. The first kappa shape index (κ1) is 25.9. The number of pyridine rings is 1. The van der Waals surface area contributed by atoms with Crippen LogP contribution < -0.4 is 10.9 Å². The summed E-state index contributed by atoms with van der Waals surface area (Å²) in [5.74, 6) is -0.669. The van der Waals surface area contributed by atoms with Crippen molar-refractivity contribution in [1.82, 2.24) is 25.4 Å². The normalized spacial score (nSPS) is 12.5. The molecule has 2 heterocycles. The molecule has 4 aromatic rings. The molecule has 1 amide bonds. The molecule has 0 fully saturated rings. The Morgan fingerprint density at radius 2 is 1.81 bits per heavy atom. The number of nitrogens with zero attached hydrogens (tertiary/aromatic N) is 2. The van der Waals surface area contributed by atoms with Crippen molar-refractivity contribution in [3.05, 3.63) is 111 Å². The van der Waals surface area contributed by atoms with Gasteiger partial charge >= 0.3 is 6.18 Å². The fraction of sp³-hybridized carbons (Fsp3) is 0.222. The number of hydrogen-bond donors (Lipinski definition) is 3. The first-order valence-corrected chi connectivity index (χ1v) is 11.6. The highest BCUT2D eigenvalue weighted by atomic mass is 19.4. The van der Waals surface area contributed by atoms with E-state index >= 15 is 0 Å². The van der Waals surface area contributed by atoms with E-state index in [1.807, 2.05) is 55.3 Å². The van der Waals surface area contributed by atoms with Crippen molar-refractivity contribution in [1.29, 1.82) is 0 Å². The van der Waals surface area contributed by atoms with Crippen LogP contribution in [-0.4, -0.2) is 33.0 Å². The van der Waals surface area contributed by atoms with E-state index in [-0.39, 0.29) is 23.7 Å². The number of H-pyrrole nitrogens is 2. The van der Waals surface area contributed by atoms with Crippen LogP contribution >= 0.6 is 0 Å². The lowest BCUT2D eigenvalue weighted by atomic mass is 10.1. The van der Waals surface area contributed by atoms with Gasteiger partial charge in [0.15, 0.2) is 0 Å². The maximum atomic E-state index is 12.9. The van der Waals surface area contributed by atoms with Gasteiger partial charge in [0.05, 0.1) is 17.0 Å². The van der Waals surface area contributed by atoms with Gasteiger partial charge in [-0.05, 0) is 49.9 Å². The van der Waals surface area contributed by atoms with Crippen molar-refractivity contribution in [3.8, 4) is 11.3 Å². The van der Waals surface area contributed by atoms with E-state index in [9.17, 15) is 22.8 Å². The Bertz CT molecular complexity index is 1430. The van der Waals surface area contributed by atoms with Gasteiger partial charge in [0, 0.05) is 30.4 Å². The quantitative estimate of drug-likeness (QED) is 0.315. The number of halogens is 3. The molecular weight excluding hydrogens is 483 g/mol. The average Bonchev–Trinajstić information content (AvgIpc) is 3.37. The summed E-state index contributed by atoms with van der Waals surface area (Å²) in [6, 6.07) is 19.5. The maximum Gasteiger partial charge on any atom is 0.416 e. The fourth-order valence-corrected chi connectivity index (χ4v) is 3.87. The smallest absolute Gasteiger partial charge is 0.348 e. The first-order chi connectivity index (χ1) is 17.6. The van der Waals surface area contributed by atoms with Crippen molar-refractivity contribution >= 4 is 5.91 Å². The molecule has 0 radical (unpaired) electrons. The Balaban J connectivity index is 1.37. The number of alkyl halides is 3. The fourth-order valence-electron chi connectivity index (χ4n) is 3.87. The van der Waals surface area contributed by atoms with E-state index < -0.39 is 23.2 Å². The number of rotatable bonds is 8. The van der Waals surface area contributed by atoms with Crippen LogP contribution in [0.25, 0.3) is 11.3 Å². The van der Waals surface area contributed by atoms with Crippen LogP contribution in [0.3, 0.4) is 0 Å². The SMILES string of the molecule is C[C@@H](c1cc(-c2ccccc2)n[nH]1)N(C)Cc1ccc(C(=O)NCc2cccc(C(F)(F)F)c2)c(=O)[nH]1. The second-order valence-corrected chi connectivity index (χ2v) is 8.77. The van der Waals surface area contributed by atoms with Crippen LogP contribution in [0.4, 0.5) is 13.2 Å². The van der Waals surface area contributed by atoms with Crippen LogP contribution in [0.2, 0.25) is 0 Å². The zero-order chi connectivity index (χ0) is 26.6. The molecule has 0 aliphatic rings. The molecule has 0 spiro atoms. The van der Waals surface area contributed by atoms with E-state index in [4.69, 9.17) is 0 Å². The van der Waals surface area contributed by atoms with Gasteiger partial charge in [-0.3, -0.25) is 19.6 Å². The minimum Gasteiger partial charge on any atom is -0.348 e. The summed E-state index contributed by atoms with van der Waals surface area (Å²) in [5.41, 5.74) is 2.15. The van der Waals surface area contributed by atoms with Crippen LogP contribution in [0.1, 0.15) is 45.8 Å². The molecule has 3 N–H and O–H groups in total. The predicted octanol–water partition coefficient (Wildman–Crippen LogP) is 4.91. The second-order valence-electron chi connectivity index (χ2n) is 8.77. The number of nitrogens with one attached hydrogen (secondary N) is 3. The molecule has 0 bridgehead atoms. The number of benzene rings is 2. The molecule has 192 valence electrons. The molecule has 4 rings (SSSR count). The average molecular weight is 510 g/mol. The first-order valence-electron chi connectivity index (χ1n) is 11.6. The Morgan fingerprint density at radius 3 is 2.51 bits per heavy atom. The van der Waals surface area contributed by atoms with Crippen LogP contribution in [0.15, 0.2) is 77.6 Å². The number of hydrogen-bond acceptors (Lipinski definition) is 4. The Kier molecular flexibility index (Phi) is 7.58. The molecule has 0 aliphatic carbocycles. The van der Waals surface area contributed by atoms with E-state index in [1.165, 1.54) is 18.2 Å². The number of aromatic nitrogens is 3. The second kappa shape index (κ2) is 10.8. The molecule has 1 atom stereocenters. The molecule has 2 aromatic carbocycles. The van der Waals surface area contributed by atoms with Crippen LogP contribution in [0, 0.1) is 0 Å². The lowest BCUT2D eigenvalue weighted by molar-refractivity contribution is -0.137. The Hall–Kier alpha value is -4.18. The van der Waals surface area contributed by atoms with Gasteiger partial charge in [-0.1, -0.05) is 42.5 Å². The number of carbonyl (C=O) groups excluding carboxylic acids is 1. The van der Waals surface area contributed by atoms with E-state index in [2.05, 4.69) is 20.5 Å². The monoisotopic (exact) mass is 509 g/mol. The molecule has 0 unspecified atom stereocenters. The summed E-state index contributed by atoms with van der Waals surface area (Å²) in [6.07, 6.45) is -4.47. The van der Waals surface area contributed by atoms with Crippen molar-refractivity contribution in [3.63, 3.8) is 0 Å². The topological polar surface area (TPSA) is 93.9 Å². The van der Waals surface area contributed by atoms with Crippen LogP contribution in [-0.2, 0) is 19.3 Å². The molecule has 2 aromatic heterocycles. The molecule has 37 heavy (non-hydrogen) atoms. The van der Waals surface area contributed by atoms with Gasteiger partial charge < -0.3 is 10.3 Å². The van der Waals surface area contributed by atoms with Gasteiger partial charge in [0.2, 0.25) is 0 Å². The van der Waals surface area contributed by atoms with Gasteiger partial charge in [-0.2, -0.15) is 18.3 Å². The molecule has 0 aliphatic heterocycles. The maximum absolute atomic E-state index is 12.9. The summed E-state index contributed by atoms with van der Waals surface area (Å²) in [7, 11) is 1.90. The lowest BCUT2D eigenvalue weighted by Crippen LogP contribution is -2.30. The number of amides is 1. The van der Waals surface area contributed by atoms with Crippen molar-refractivity contribution in [2.75, 3.05) is 7.05 Å². The number of carbonyl (C=O) groups is 1. The summed E-state index contributed by atoms with van der Waals surface area (Å²) in [5, 5.41) is 9.96. The molecule has 0 saturated carbocycles. The molecule has 10 heteroatoms. The molecule has 7 nitrogen and oxygen atoms in total. The minimum absolute atomic E-state index is 0.0381. The van der Waals surface area contributed by atoms with Gasteiger partial charge in [-0.25, -0.2) is 0 Å². The summed E-state index contributed by atoms with van der Waals surface area (Å²) < 4.78 is 38.7. The third-order valence-electron chi connectivity index (χ3n) is 6.12. The Labute approximate surface area is 211 Å². The predicted molar refractivity (Wildman–Crippen MR) is 134 cm³/mol. The van der Waals surface area contributed by atoms with Crippen molar-refractivity contribution in [2.24, 2.45) is 0 Å². The van der Waals surface area contributed by atoms with E-state index in [1.54, 1.807) is 6.07 Å². The van der Waals surface area contributed by atoms with E-state index in [0.717, 1.165) is 29.1 Å². The third kappa shape index (κ3) is 6.34. The zero-order valence-electron chi connectivity index (χ0n) is 20.3. The highest BCUT2D eigenvalue weighted by Crippen LogP contribution is 2.29. The largest absolute Gasteiger partial charge is 0.416 e. The highest BCUT2D eigenvalue weighted by Gasteiger charge is 2.30. The highest BCUT2D eigenvalue weighted by molar-refractivity contribution is 5.93. The van der Waals surface area contributed by atoms with Gasteiger partial charge in [-0.15, -0.1) is 0 Å². The zero-order valence-corrected chi connectivity index (χ0v) is 20.3.